The first-order chi connectivity index (χ1) is 6.24. The zero-order valence-electron chi connectivity index (χ0n) is 6.85. The lowest BCUT2D eigenvalue weighted by molar-refractivity contribution is -0.150. The van der Waals surface area contributed by atoms with Crippen molar-refractivity contribution in [3.63, 3.8) is 0 Å². The largest absolute Gasteiger partial charge is 0.462 e. The summed E-state index contributed by atoms with van der Waals surface area (Å²) in [5, 5.41) is 2.16. The van der Waals surface area contributed by atoms with Gasteiger partial charge in [0.25, 0.3) is 0 Å². The van der Waals surface area contributed by atoms with Crippen molar-refractivity contribution in [1.29, 1.82) is 0 Å². The molecule has 0 fully saturated rings. The highest BCUT2D eigenvalue weighted by Gasteiger charge is 2.14. The molecule has 0 aliphatic heterocycles. The third-order valence-corrected chi connectivity index (χ3v) is 1.16. The Kier molecular flexibility index (Phi) is 2.91. The van der Waals surface area contributed by atoms with Crippen molar-refractivity contribution in [2.24, 2.45) is 0 Å². The minimum atomic E-state index is -0.979. The number of methoxy groups -OCH3 is 1. The Hall–Kier alpha value is -1.98. The van der Waals surface area contributed by atoms with Crippen LogP contribution in [0.5, 0.6) is 0 Å². The van der Waals surface area contributed by atoms with Crippen molar-refractivity contribution in [3.05, 3.63) is 18.5 Å². The van der Waals surface area contributed by atoms with Crippen molar-refractivity contribution < 1.29 is 14.3 Å². The number of amides is 1. The number of hydrogen-bond donors (Lipinski definition) is 1. The number of anilines is 1. The first-order valence-electron chi connectivity index (χ1n) is 3.40. The van der Waals surface area contributed by atoms with Crippen LogP contribution in [0.3, 0.4) is 0 Å². The van der Waals surface area contributed by atoms with E-state index in [1.54, 1.807) is 6.07 Å². The number of carbonyl (C=O) groups is 2. The molecule has 1 aromatic rings. The maximum atomic E-state index is 10.9. The molecule has 1 N–H and O–H groups in total. The minimum absolute atomic E-state index is 0.0675. The van der Waals surface area contributed by atoms with Crippen LogP contribution in [-0.2, 0) is 14.3 Å². The molecule has 6 heteroatoms. The summed E-state index contributed by atoms with van der Waals surface area (Å²) in [7, 11) is 1.12. The zero-order chi connectivity index (χ0) is 9.68. The molecule has 13 heavy (non-hydrogen) atoms. The van der Waals surface area contributed by atoms with Crippen molar-refractivity contribution >= 4 is 17.8 Å². The van der Waals surface area contributed by atoms with Crippen molar-refractivity contribution in [1.82, 2.24) is 9.97 Å². The summed E-state index contributed by atoms with van der Waals surface area (Å²) < 4.78 is 4.18. The number of hydrogen-bond acceptors (Lipinski definition) is 5. The third-order valence-electron chi connectivity index (χ3n) is 1.16. The van der Waals surface area contributed by atoms with Gasteiger partial charge in [-0.15, -0.1) is 0 Å². The molecule has 0 atom stereocenters. The van der Waals surface area contributed by atoms with Gasteiger partial charge in [-0.05, 0) is 6.07 Å². The lowest BCUT2D eigenvalue weighted by Gasteiger charge is -1.99. The number of aromatic nitrogens is 2. The van der Waals surface area contributed by atoms with Crippen LogP contribution in [0, 0.1) is 0 Å². The van der Waals surface area contributed by atoms with Crippen LogP contribution in [0.25, 0.3) is 0 Å². The Morgan fingerprint density at radius 1 is 1.38 bits per heavy atom. The van der Waals surface area contributed by atoms with Crippen molar-refractivity contribution in [2.75, 3.05) is 12.4 Å². The fourth-order valence-corrected chi connectivity index (χ4v) is 0.609. The highest BCUT2D eigenvalue weighted by Crippen LogP contribution is 1.93. The molecule has 0 spiro atoms. The van der Waals surface area contributed by atoms with E-state index in [4.69, 9.17) is 0 Å². The molecule has 0 aliphatic rings. The summed E-state index contributed by atoms with van der Waals surface area (Å²) in [6.07, 6.45) is 2.89. The van der Waals surface area contributed by atoms with Gasteiger partial charge in [0.1, 0.15) is 0 Å². The average Bonchev–Trinajstić information content (AvgIpc) is 2.18. The lowest BCUT2D eigenvalue weighted by atomic mass is 10.6. The van der Waals surface area contributed by atoms with Crippen LogP contribution in [0.15, 0.2) is 18.5 Å². The molecule has 1 heterocycles. The maximum absolute atomic E-state index is 10.9. The monoisotopic (exact) mass is 181 g/mol. The van der Waals surface area contributed by atoms with Crippen molar-refractivity contribution in [3.8, 4) is 0 Å². The van der Waals surface area contributed by atoms with Crippen LogP contribution >= 0.6 is 0 Å². The van der Waals surface area contributed by atoms with Crippen molar-refractivity contribution in [2.45, 2.75) is 0 Å². The topological polar surface area (TPSA) is 81.2 Å². The average molecular weight is 181 g/mol. The smallest absolute Gasteiger partial charge is 0.396 e. The van der Waals surface area contributed by atoms with Gasteiger partial charge < -0.3 is 4.74 Å². The van der Waals surface area contributed by atoms with E-state index in [0.29, 0.717) is 0 Å². The Labute approximate surface area is 74.0 Å². The van der Waals surface area contributed by atoms with Gasteiger partial charge in [-0.25, -0.2) is 14.8 Å². The summed E-state index contributed by atoms with van der Waals surface area (Å²) in [6, 6.07) is 1.59. The molecule has 6 nitrogen and oxygen atoms in total. The Morgan fingerprint density at radius 2 is 2.00 bits per heavy atom. The van der Waals surface area contributed by atoms with Gasteiger partial charge in [0.05, 0.1) is 7.11 Å². The fourth-order valence-electron chi connectivity index (χ4n) is 0.609. The maximum Gasteiger partial charge on any atom is 0.396 e. The second-order valence-corrected chi connectivity index (χ2v) is 2.02. The molecule has 0 saturated heterocycles. The van der Waals surface area contributed by atoms with E-state index in [1.165, 1.54) is 12.4 Å². The number of rotatable bonds is 1. The predicted molar refractivity (Wildman–Crippen MR) is 42.7 cm³/mol. The van der Waals surface area contributed by atoms with Gasteiger partial charge in [-0.3, -0.25) is 10.1 Å². The van der Waals surface area contributed by atoms with Crippen LogP contribution in [0.4, 0.5) is 5.95 Å². The predicted octanol–water partition coefficient (Wildman–Crippen LogP) is -0.412. The molecule has 0 saturated carbocycles. The minimum Gasteiger partial charge on any atom is -0.462 e. The molecule has 0 unspecified atom stereocenters. The normalized spacial score (nSPS) is 9.00. The van der Waals surface area contributed by atoms with E-state index in [9.17, 15) is 9.59 Å². The van der Waals surface area contributed by atoms with Gasteiger partial charge in [-0.1, -0.05) is 0 Å². The van der Waals surface area contributed by atoms with Gasteiger partial charge in [0, 0.05) is 12.4 Å². The van der Waals surface area contributed by atoms with E-state index in [1.807, 2.05) is 0 Å². The standard InChI is InChI=1S/C7H7N3O3/c1-13-6(12)5(11)10-7-8-3-2-4-9-7/h2-4H,1H3,(H,8,9,10,11). The van der Waals surface area contributed by atoms with Gasteiger partial charge in [0.15, 0.2) is 0 Å². The summed E-state index contributed by atoms with van der Waals surface area (Å²) in [6.45, 7) is 0. The summed E-state index contributed by atoms with van der Waals surface area (Å²) >= 11 is 0. The Morgan fingerprint density at radius 3 is 2.54 bits per heavy atom. The molecule has 0 radical (unpaired) electrons. The van der Waals surface area contributed by atoms with Crippen LogP contribution < -0.4 is 5.32 Å². The second kappa shape index (κ2) is 4.15. The molecule has 0 aromatic carbocycles. The highest BCUT2D eigenvalue weighted by atomic mass is 16.5. The Bertz CT molecular complexity index is 312. The van der Waals surface area contributed by atoms with Crippen LogP contribution in [-0.4, -0.2) is 29.0 Å². The number of nitrogens with zero attached hydrogens (tertiary/aromatic N) is 2. The van der Waals surface area contributed by atoms with Crippen LogP contribution in [0.2, 0.25) is 0 Å². The third kappa shape index (κ3) is 2.51. The van der Waals surface area contributed by atoms with Crippen LogP contribution in [0.1, 0.15) is 0 Å². The van der Waals surface area contributed by atoms with E-state index in [0.717, 1.165) is 7.11 Å². The van der Waals surface area contributed by atoms with Gasteiger partial charge in [0.2, 0.25) is 5.95 Å². The SMILES string of the molecule is COC(=O)C(=O)Nc1ncccn1. The summed E-state index contributed by atoms with van der Waals surface area (Å²) in [5.74, 6) is -1.81. The number of ether oxygens (including phenoxy) is 1. The Balaban J connectivity index is 2.60. The lowest BCUT2D eigenvalue weighted by Crippen LogP contribution is -2.24. The molecule has 68 valence electrons. The molecular weight excluding hydrogens is 174 g/mol. The first kappa shape index (κ1) is 9.11. The molecule has 1 aromatic heterocycles. The first-order valence-corrected chi connectivity index (χ1v) is 3.40. The molecule has 0 aliphatic carbocycles. The molecule has 0 bridgehead atoms. The zero-order valence-corrected chi connectivity index (χ0v) is 6.85. The van der Waals surface area contributed by atoms with E-state index < -0.39 is 11.9 Å². The number of nitrogens with one attached hydrogen (secondary N) is 1. The second-order valence-electron chi connectivity index (χ2n) is 2.02. The van der Waals surface area contributed by atoms with Gasteiger partial charge >= 0.3 is 11.9 Å². The summed E-state index contributed by atoms with van der Waals surface area (Å²) in [4.78, 5) is 28.9. The highest BCUT2D eigenvalue weighted by molar-refractivity contribution is 6.37. The number of esters is 1. The quantitative estimate of drug-likeness (QED) is 0.470. The molecule has 1 amide bonds. The number of carbonyl (C=O) groups excluding carboxylic acids is 2. The molecule has 1 rings (SSSR count). The molecular formula is C7H7N3O3. The fraction of sp³-hybridized carbons (Fsp3) is 0.143. The summed E-state index contributed by atoms with van der Waals surface area (Å²) in [5.41, 5.74) is 0. The van der Waals surface area contributed by atoms with Gasteiger partial charge in [-0.2, -0.15) is 0 Å². The van der Waals surface area contributed by atoms with E-state index in [-0.39, 0.29) is 5.95 Å². The van der Waals surface area contributed by atoms with E-state index in [2.05, 4.69) is 20.0 Å². The van der Waals surface area contributed by atoms with E-state index >= 15 is 0 Å².